The Kier molecular flexibility index (Phi) is 5.65. The van der Waals surface area contributed by atoms with Gasteiger partial charge in [0.05, 0.1) is 41.6 Å². The van der Waals surface area contributed by atoms with Gasteiger partial charge in [0, 0.05) is 10.0 Å². The zero-order valence-electron chi connectivity index (χ0n) is 15.1. The summed E-state index contributed by atoms with van der Waals surface area (Å²) in [7, 11) is 2.40. The molecule has 3 rings (SSSR count). The first-order valence-electron chi connectivity index (χ1n) is 8.08. The number of thioether (sulfide) groups is 1. The molecule has 0 aromatic heterocycles. The number of hydrogen-bond donors (Lipinski definition) is 1. The van der Waals surface area contributed by atoms with Gasteiger partial charge in [-0.25, -0.2) is 9.59 Å². The Morgan fingerprint density at radius 1 is 1.14 bits per heavy atom. The van der Waals surface area contributed by atoms with Crippen molar-refractivity contribution in [3.05, 3.63) is 55.8 Å². The number of nitrogens with two attached hydrogens (primary N) is 1. The van der Waals surface area contributed by atoms with Crippen molar-refractivity contribution in [1.29, 1.82) is 0 Å². The van der Waals surface area contributed by atoms with Gasteiger partial charge in [-0.2, -0.15) is 0 Å². The standard InChI is InChI=1S/C18H16Cl2N2O5S/c1-7-15(23)22-14(21)12(17(24)26-2)11(9-5-4-8(19)6-10(9)20)13(16(22)28-7)18(25)27-3/h4-7,11H,21H2,1-3H3. The number of ether oxygens (including phenoxy) is 2. The van der Waals surface area contributed by atoms with E-state index in [4.69, 9.17) is 38.4 Å². The predicted molar refractivity (Wildman–Crippen MR) is 105 cm³/mol. The summed E-state index contributed by atoms with van der Waals surface area (Å²) in [6, 6.07) is 4.66. The van der Waals surface area contributed by atoms with Gasteiger partial charge in [0.2, 0.25) is 5.91 Å². The highest BCUT2D eigenvalue weighted by Crippen LogP contribution is 2.50. The first-order chi connectivity index (χ1) is 13.2. The third-order valence-electron chi connectivity index (χ3n) is 4.47. The smallest absolute Gasteiger partial charge is 0.338 e. The van der Waals surface area contributed by atoms with Gasteiger partial charge < -0.3 is 15.2 Å². The molecule has 1 aromatic carbocycles. The second-order valence-electron chi connectivity index (χ2n) is 6.03. The van der Waals surface area contributed by atoms with Gasteiger partial charge in [0.15, 0.2) is 0 Å². The molecule has 0 aliphatic carbocycles. The molecule has 10 heteroatoms. The van der Waals surface area contributed by atoms with E-state index >= 15 is 0 Å². The lowest BCUT2D eigenvalue weighted by atomic mass is 9.82. The molecule has 1 fully saturated rings. The SMILES string of the molecule is COC(=O)C1=C(N)N2C(=O)C(C)SC2=C(C(=O)OC)C1c1ccc(Cl)cc1Cl. The number of benzene rings is 1. The van der Waals surface area contributed by atoms with Crippen LogP contribution in [0.15, 0.2) is 40.2 Å². The van der Waals surface area contributed by atoms with Crippen LogP contribution in [-0.2, 0) is 23.9 Å². The third kappa shape index (κ3) is 3.15. The molecule has 2 heterocycles. The number of halogens is 2. The molecule has 7 nitrogen and oxygen atoms in total. The molecule has 0 radical (unpaired) electrons. The number of esters is 2. The van der Waals surface area contributed by atoms with Crippen LogP contribution >= 0.6 is 35.0 Å². The summed E-state index contributed by atoms with van der Waals surface area (Å²) in [5.41, 5.74) is 6.65. The van der Waals surface area contributed by atoms with Crippen molar-refractivity contribution in [2.45, 2.75) is 18.1 Å². The van der Waals surface area contributed by atoms with E-state index in [0.717, 1.165) is 16.7 Å². The number of carbonyl (C=O) groups excluding carboxylic acids is 3. The number of methoxy groups -OCH3 is 2. The van der Waals surface area contributed by atoms with Crippen LogP contribution in [-0.4, -0.2) is 42.2 Å². The first-order valence-corrected chi connectivity index (χ1v) is 9.72. The number of nitrogens with zero attached hydrogens (tertiary/aromatic N) is 1. The summed E-state index contributed by atoms with van der Waals surface area (Å²) in [5.74, 6) is -2.93. The molecular weight excluding hydrogens is 427 g/mol. The van der Waals surface area contributed by atoms with Crippen molar-refractivity contribution in [3.8, 4) is 0 Å². The summed E-state index contributed by atoms with van der Waals surface area (Å²) < 4.78 is 9.83. The molecule has 2 aliphatic rings. The summed E-state index contributed by atoms with van der Waals surface area (Å²) in [6.45, 7) is 1.68. The maximum Gasteiger partial charge on any atom is 0.338 e. The van der Waals surface area contributed by atoms with Gasteiger partial charge >= 0.3 is 11.9 Å². The number of rotatable bonds is 3. The van der Waals surface area contributed by atoms with Gasteiger partial charge in [-0.3, -0.25) is 9.69 Å². The van der Waals surface area contributed by atoms with E-state index in [2.05, 4.69) is 0 Å². The number of amides is 1. The van der Waals surface area contributed by atoms with E-state index in [0.29, 0.717) is 15.6 Å². The highest BCUT2D eigenvalue weighted by atomic mass is 35.5. The van der Waals surface area contributed by atoms with Crippen LogP contribution in [0.5, 0.6) is 0 Å². The molecule has 2 unspecified atom stereocenters. The molecular formula is C18H16Cl2N2O5S. The Morgan fingerprint density at radius 2 is 1.75 bits per heavy atom. The number of fused-ring (bicyclic) bond motifs is 1. The van der Waals surface area contributed by atoms with E-state index in [1.165, 1.54) is 20.3 Å². The molecule has 0 saturated carbocycles. The molecule has 148 valence electrons. The molecule has 0 spiro atoms. The monoisotopic (exact) mass is 442 g/mol. The van der Waals surface area contributed by atoms with Crippen molar-refractivity contribution >= 4 is 52.8 Å². The third-order valence-corrected chi connectivity index (χ3v) is 6.21. The number of carbonyl (C=O) groups is 3. The Morgan fingerprint density at radius 3 is 2.32 bits per heavy atom. The van der Waals surface area contributed by atoms with Crippen LogP contribution in [0, 0.1) is 0 Å². The maximum atomic E-state index is 12.7. The second-order valence-corrected chi connectivity index (χ2v) is 8.21. The highest BCUT2D eigenvalue weighted by molar-refractivity contribution is 8.04. The normalized spacial score (nSPS) is 21.8. The predicted octanol–water partition coefficient (Wildman–Crippen LogP) is 2.78. The fourth-order valence-electron chi connectivity index (χ4n) is 3.19. The Bertz CT molecular complexity index is 959. The van der Waals surface area contributed by atoms with Gasteiger partial charge in [0.1, 0.15) is 5.82 Å². The quantitative estimate of drug-likeness (QED) is 0.718. The van der Waals surface area contributed by atoms with Gasteiger partial charge in [-0.15, -0.1) is 0 Å². The zero-order chi connectivity index (χ0) is 20.7. The Balaban J connectivity index is 2.36. The lowest BCUT2D eigenvalue weighted by molar-refractivity contribution is -0.137. The van der Waals surface area contributed by atoms with Crippen molar-refractivity contribution in [1.82, 2.24) is 4.90 Å². The average Bonchev–Trinajstić information content (AvgIpc) is 2.95. The maximum absolute atomic E-state index is 12.7. The largest absolute Gasteiger partial charge is 0.466 e. The molecule has 1 saturated heterocycles. The van der Waals surface area contributed by atoms with Crippen molar-refractivity contribution in [2.75, 3.05) is 14.2 Å². The highest BCUT2D eigenvalue weighted by Gasteiger charge is 2.49. The molecule has 1 amide bonds. The summed E-state index contributed by atoms with van der Waals surface area (Å²) >= 11 is 13.5. The van der Waals surface area contributed by atoms with Crippen molar-refractivity contribution in [3.63, 3.8) is 0 Å². The molecule has 2 N–H and O–H groups in total. The minimum atomic E-state index is -0.985. The van der Waals surface area contributed by atoms with Crippen LogP contribution in [0.2, 0.25) is 10.0 Å². The summed E-state index contributed by atoms with van der Waals surface area (Å²) in [6.07, 6.45) is 0. The topological polar surface area (TPSA) is 98.9 Å². The second kappa shape index (κ2) is 7.69. The summed E-state index contributed by atoms with van der Waals surface area (Å²) in [4.78, 5) is 39.1. The average molecular weight is 443 g/mol. The molecule has 28 heavy (non-hydrogen) atoms. The van der Waals surface area contributed by atoms with E-state index in [9.17, 15) is 14.4 Å². The van der Waals surface area contributed by atoms with E-state index in [-0.39, 0.29) is 27.9 Å². The number of hydrogen-bond acceptors (Lipinski definition) is 7. The van der Waals surface area contributed by atoms with Crippen LogP contribution < -0.4 is 5.73 Å². The van der Waals surface area contributed by atoms with Gasteiger partial charge in [-0.1, -0.05) is 41.0 Å². The fraction of sp³-hybridized carbons (Fsp3) is 0.278. The fourth-order valence-corrected chi connectivity index (χ4v) is 4.88. The van der Waals surface area contributed by atoms with E-state index in [1.54, 1.807) is 19.1 Å². The molecule has 2 aliphatic heterocycles. The van der Waals surface area contributed by atoms with Crippen LogP contribution in [0.3, 0.4) is 0 Å². The van der Waals surface area contributed by atoms with Gasteiger partial charge in [0.25, 0.3) is 0 Å². The van der Waals surface area contributed by atoms with E-state index in [1.807, 2.05) is 0 Å². The molecule has 1 aromatic rings. The lowest BCUT2D eigenvalue weighted by Gasteiger charge is -2.33. The van der Waals surface area contributed by atoms with Crippen molar-refractivity contribution in [2.24, 2.45) is 5.73 Å². The Hall–Kier alpha value is -2.16. The Labute approximate surface area is 175 Å². The molecule has 2 atom stereocenters. The zero-order valence-corrected chi connectivity index (χ0v) is 17.4. The van der Waals surface area contributed by atoms with Gasteiger partial charge in [-0.05, 0) is 24.6 Å². The van der Waals surface area contributed by atoms with Crippen molar-refractivity contribution < 1.29 is 23.9 Å². The van der Waals surface area contributed by atoms with Crippen LogP contribution in [0.4, 0.5) is 0 Å². The van der Waals surface area contributed by atoms with E-state index < -0.39 is 23.1 Å². The lowest BCUT2D eigenvalue weighted by Crippen LogP contribution is -2.40. The summed E-state index contributed by atoms with van der Waals surface area (Å²) in [5, 5.41) is 0.427. The first kappa shape index (κ1) is 20.6. The molecule has 0 bridgehead atoms. The minimum absolute atomic E-state index is 0.0704. The van der Waals surface area contributed by atoms with Crippen LogP contribution in [0.1, 0.15) is 18.4 Å². The minimum Gasteiger partial charge on any atom is -0.466 e. The van der Waals surface area contributed by atoms with Crippen LogP contribution in [0.25, 0.3) is 0 Å².